The van der Waals surface area contributed by atoms with Gasteiger partial charge in [0.15, 0.2) is 10.1 Å². The van der Waals surface area contributed by atoms with Crippen molar-refractivity contribution < 1.29 is 26.1 Å². The lowest BCUT2D eigenvalue weighted by molar-refractivity contribution is -0.0517. The molecule has 0 aliphatic carbocycles. The molecule has 0 radical (unpaired) electrons. The van der Waals surface area contributed by atoms with Crippen molar-refractivity contribution in [3.8, 4) is 0 Å². The smallest absolute Gasteiger partial charge is 0.485 e. The van der Waals surface area contributed by atoms with Crippen LogP contribution in [-0.4, -0.2) is 18.5 Å². The molecule has 1 rings (SSSR count). The van der Waals surface area contributed by atoms with E-state index in [1.165, 1.54) is 0 Å². The van der Waals surface area contributed by atoms with Gasteiger partial charge in [-0.2, -0.15) is 13.2 Å². The van der Waals surface area contributed by atoms with Crippen LogP contribution < -0.4 is 0 Å². The minimum atomic E-state index is -6.09. The van der Waals surface area contributed by atoms with E-state index in [-0.39, 0.29) is 0 Å². The van der Waals surface area contributed by atoms with Crippen molar-refractivity contribution in [2.45, 2.75) is 10.4 Å². The highest BCUT2D eigenvalue weighted by atomic mass is 32.2. The predicted octanol–water partition coefficient (Wildman–Crippen LogP) is 2.03. The van der Waals surface area contributed by atoms with Crippen LogP contribution >= 0.6 is 12.6 Å². The van der Waals surface area contributed by atoms with E-state index in [1.54, 1.807) is 0 Å². The van der Waals surface area contributed by atoms with E-state index in [0.29, 0.717) is 0 Å². The summed E-state index contributed by atoms with van der Waals surface area (Å²) in [6.45, 7) is 0. The van der Waals surface area contributed by atoms with E-state index in [9.17, 15) is 13.2 Å². The van der Waals surface area contributed by atoms with Crippen LogP contribution in [0, 0.1) is 0 Å². The Morgan fingerprint density at radius 2 is 1.47 bits per heavy atom. The minimum Gasteiger partial charge on any atom is -0.741 e. The second-order valence-corrected chi connectivity index (χ2v) is 4.12. The highest BCUT2D eigenvalue weighted by Gasteiger charge is 2.36. The van der Waals surface area contributed by atoms with E-state index in [2.05, 4.69) is 12.6 Å². The van der Waals surface area contributed by atoms with E-state index in [0.717, 1.165) is 4.90 Å². The van der Waals surface area contributed by atoms with Gasteiger partial charge in [-0.25, -0.2) is 8.42 Å². The topological polar surface area (TPSA) is 57.2 Å². The molecule has 8 heteroatoms. The summed E-state index contributed by atoms with van der Waals surface area (Å²) in [6, 6.07) is 9.79. The summed E-state index contributed by atoms with van der Waals surface area (Å²) in [4.78, 5) is 1.02. The van der Waals surface area contributed by atoms with Crippen molar-refractivity contribution in [1.29, 1.82) is 0 Å². The van der Waals surface area contributed by atoms with Crippen molar-refractivity contribution in [2.24, 2.45) is 0 Å². The molecule has 0 amide bonds. The Bertz CT molecular complexity index is 386. The zero-order valence-corrected chi connectivity index (χ0v) is 8.81. The van der Waals surface area contributed by atoms with Gasteiger partial charge in [0.05, 0.1) is 0 Å². The van der Waals surface area contributed by atoms with Crippen molar-refractivity contribution in [2.75, 3.05) is 0 Å². The monoisotopic (exact) mass is 259 g/mol. The summed E-state index contributed by atoms with van der Waals surface area (Å²) in [6.07, 6.45) is 0. The second kappa shape index (κ2) is 5.38. The number of rotatable bonds is 0. The summed E-state index contributed by atoms with van der Waals surface area (Å²) in [5.41, 5.74) is -5.65. The van der Waals surface area contributed by atoms with E-state index in [1.807, 2.05) is 30.3 Å². The third-order valence-electron chi connectivity index (χ3n) is 1.04. The van der Waals surface area contributed by atoms with Crippen molar-refractivity contribution in [3.63, 3.8) is 0 Å². The number of halogens is 3. The molecule has 0 unspecified atom stereocenters. The Hall–Kier alpha value is -0.730. The third-order valence-corrected chi connectivity index (χ3v) is 1.90. The first-order chi connectivity index (χ1) is 6.64. The molecule has 86 valence electrons. The zero-order valence-electron chi connectivity index (χ0n) is 7.10. The van der Waals surface area contributed by atoms with Gasteiger partial charge in [0.1, 0.15) is 0 Å². The molecule has 0 fully saturated rings. The van der Waals surface area contributed by atoms with Crippen LogP contribution in [-0.2, 0) is 10.1 Å². The first-order valence-electron chi connectivity index (χ1n) is 3.41. The molecular weight excluding hydrogens is 253 g/mol. The van der Waals surface area contributed by atoms with Gasteiger partial charge in [-0.3, -0.25) is 0 Å². The van der Waals surface area contributed by atoms with Gasteiger partial charge in [-0.15, -0.1) is 12.6 Å². The molecule has 0 N–H and O–H groups in total. The van der Waals surface area contributed by atoms with Crippen LogP contribution in [0.25, 0.3) is 0 Å². The fraction of sp³-hybridized carbons (Fsp3) is 0.143. The van der Waals surface area contributed by atoms with Gasteiger partial charge in [0.25, 0.3) is 0 Å². The van der Waals surface area contributed by atoms with E-state index >= 15 is 0 Å². The molecule has 0 saturated heterocycles. The molecule has 0 aliphatic heterocycles. The highest BCUT2D eigenvalue weighted by molar-refractivity contribution is 7.86. The lowest BCUT2D eigenvalue weighted by Gasteiger charge is -2.08. The molecule has 0 saturated carbocycles. The van der Waals surface area contributed by atoms with E-state index < -0.39 is 15.6 Å². The largest absolute Gasteiger partial charge is 0.741 e. The fourth-order valence-corrected chi connectivity index (χ4v) is 0.600. The quantitative estimate of drug-likeness (QED) is 0.440. The predicted molar refractivity (Wildman–Crippen MR) is 49.4 cm³/mol. The summed E-state index contributed by atoms with van der Waals surface area (Å²) < 4.78 is 58.9. The van der Waals surface area contributed by atoms with Crippen molar-refractivity contribution in [3.05, 3.63) is 30.3 Å². The van der Waals surface area contributed by atoms with Gasteiger partial charge in [0, 0.05) is 4.90 Å². The first kappa shape index (κ1) is 14.3. The molecule has 3 nitrogen and oxygen atoms in total. The molecule has 0 bridgehead atoms. The maximum absolute atomic E-state index is 10.7. The third kappa shape index (κ3) is 6.37. The summed E-state index contributed by atoms with van der Waals surface area (Å²) in [5.74, 6) is 0. The van der Waals surface area contributed by atoms with Crippen molar-refractivity contribution in [1.82, 2.24) is 0 Å². The second-order valence-electron chi connectivity index (χ2n) is 2.24. The van der Waals surface area contributed by atoms with Gasteiger partial charge < -0.3 is 4.55 Å². The average Bonchev–Trinajstić information content (AvgIpc) is 2.02. The van der Waals surface area contributed by atoms with Gasteiger partial charge in [-0.1, -0.05) is 18.2 Å². The number of thiol groups is 1. The molecule has 0 spiro atoms. The van der Waals surface area contributed by atoms with Gasteiger partial charge >= 0.3 is 5.51 Å². The Labute approximate surface area is 90.1 Å². The Morgan fingerprint density at radius 1 is 1.13 bits per heavy atom. The van der Waals surface area contributed by atoms with Crippen LogP contribution in [0.5, 0.6) is 0 Å². The molecular formula is C7H6F3O3S2-. The summed E-state index contributed by atoms with van der Waals surface area (Å²) >= 11 is 4.08. The first-order valence-corrected chi connectivity index (χ1v) is 5.26. The number of hydrogen-bond donors (Lipinski definition) is 1. The summed E-state index contributed by atoms with van der Waals surface area (Å²) in [7, 11) is -6.09. The fourth-order valence-electron chi connectivity index (χ4n) is 0.428. The maximum Gasteiger partial charge on any atom is 0.485 e. The molecule has 0 aliphatic rings. The molecule has 1 aromatic carbocycles. The zero-order chi connectivity index (χ0) is 12.1. The van der Waals surface area contributed by atoms with Gasteiger partial charge in [-0.05, 0) is 12.1 Å². The van der Waals surface area contributed by atoms with Crippen molar-refractivity contribution >= 4 is 22.7 Å². The lowest BCUT2D eigenvalue weighted by atomic mass is 10.4. The van der Waals surface area contributed by atoms with E-state index in [4.69, 9.17) is 13.0 Å². The SMILES string of the molecule is O=S(=O)([O-])C(F)(F)F.Sc1ccccc1. The molecule has 1 aromatic rings. The van der Waals surface area contributed by atoms with Crippen LogP contribution in [0.3, 0.4) is 0 Å². The average molecular weight is 259 g/mol. The van der Waals surface area contributed by atoms with Crippen LogP contribution in [0.1, 0.15) is 0 Å². The number of alkyl halides is 3. The molecule has 0 aromatic heterocycles. The Balaban J connectivity index is 0.000000262. The van der Waals surface area contributed by atoms with Gasteiger partial charge in [0.2, 0.25) is 0 Å². The lowest BCUT2D eigenvalue weighted by Crippen LogP contribution is -2.21. The normalized spacial score (nSPS) is 11.5. The standard InChI is InChI=1S/C6H6S.CHF3O3S/c7-6-4-2-1-3-5-6;2-1(3,4)8(5,6)7/h1-5,7H;(H,5,6,7)/p-1. The maximum atomic E-state index is 10.7. The number of benzene rings is 1. The molecule has 0 heterocycles. The molecule has 15 heavy (non-hydrogen) atoms. The Kier molecular flexibility index (Phi) is 5.12. The highest BCUT2D eigenvalue weighted by Crippen LogP contribution is 2.20. The Morgan fingerprint density at radius 3 is 1.60 bits per heavy atom. The number of hydrogen-bond acceptors (Lipinski definition) is 4. The molecule has 0 atom stereocenters. The van der Waals surface area contributed by atoms with Crippen LogP contribution in [0.4, 0.5) is 13.2 Å². The minimum absolute atomic E-state index is 1.02. The van der Waals surface area contributed by atoms with Crippen LogP contribution in [0.15, 0.2) is 35.2 Å². The van der Waals surface area contributed by atoms with Crippen LogP contribution in [0.2, 0.25) is 0 Å². The summed E-state index contributed by atoms with van der Waals surface area (Å²) in [5, 5.41) is 0.